The molecule has 0 heterocycles. The van der Waals surface area contributed by atoms with Gasteiger partial charge in [-0.05, 0) is 37.8 Å². The van der Waals surface area contributed by atoms with Crippen molar-refractivity contribution in [1.82, 2.24) is 5.32 Å². The van der Waals surface area contributed by atoms with Gasteiger partial charge in [0.1, 0.15) is 11.5 Å². The molecular weight excluding hydrogens is 292 g/mol. The molecule has 1 aromatic carbocycles. The number of carbonyl (C=O) groups is 1. The number of hydrogen-bond donors (Lipinski definition) is 2. The summed E-state index contributed by atoms with van der Waals surface area (Å²) in [6.07, 6.45) is 2.34. The average molecular weight is 315 g/mol. The van der Waals surface area contributed by atoms with E-state index in [1.54, 1.807) is 26.4 Å². The normalized spacial score (nSPS) is 14.9. The van der Waals surface area contributed by atoms with Crippen LogP contribution in [0.15, 0.2) is 12.1 Å². The van der Waals surface area contributed by atoms with E-state index in [4.69, 9.17) is 15.2 Å². The Balaban J connectivity index is 0.00000220. The van der Waals surface area contributed by atoms with E-state index in [0.29, 0.717) is 29.5 Å². The van der Waals surface area contributed by atoms with Crippen LogP contribution in [-0.2, 0) is 0 Å². The summed E-state index contributed by atoms with van der Waals surface area (Å²) in [6.45, 7) is 2.39. The third-order valence-electron chi connectivity index (χ3n) is 3.74. The van der Waals surface area contributed by atoms with Gasteiger partial charge in [0, 0.05) is 23.7 Å². The maximum Gasteiger partial charge on any atom is 0.251 e. The molecule has 1 fully saturated rings. The van der Waals surface area contributed by atoms with Crippen LogP contribution in [0.25, 0.3) is 0 Å². The topological polar surface area (TPSA) is 73.6 Å². The van der Waals surface area contributed by atoms with Gasteiger partial charge in [-0.3, -0.25) is 4.79 Å². The number of nitrogens with two attached hydrogens (primary N) is 1. The fourth-order valence-electron chi connectivity index (χ4n) is 2.22. The molecule has 0 spiro atoms. The molecule has 1 saturated carbocycles. The molecule has 5 nitrogen and oxygen atoms in total. The third-order valence-corrected chi connectivity index (χ3v) is 3.74. The molecule has 0 radical (unpaired) electrons. The largest absolute Gasteiger partial charge is 0.496 e. The lowest BCUT2D eigenvalue weighted by molar-refractivity contribution is 0.0949. The van der Waals surface area contributed by atoms with Gasteiger partial charge in [0.25, 0.3) is 5.91 Å². The Kier molecular flexibility index (Phi) is 6.30. The molecule has 21 heavy (non-hydrogen) atoms. The number of halogens is 1. The number of ether oxygens (including phenoxy) is 2. The number of methoxy groups -OCH3 is 2. The van der Waals surface area contributed by atoms with Crippen molar-refractivity contribution in [2.24, 2.45) is 11.7 Å². The first-order valence-corrected chi connectivity index (χ1v) is 6.83. The summed E-state index contributed by atoms with van der Waals surface area (Å²) in [5, 5.41) is 2.87. The smallest absolute Gasteiger partial charge is 0.251 e. The number of rotatable bonds is 6. The second-order valence-corrected chi connectivity index (χ2v) is 5.22. The molecule has 1 aromatic rings. The van der Waals surface area contributed by atoms with Crippen LogP contribution in [0.4, 0.5) is 0 Å². The number of amides is 1. The standard InChI is InChI=1S/C15H22N2O3.ClH/c1-9-13(19-2)6-11(7-14(9)20-3)15(18)17-8-12(16)10-4-5-10;/h6-7,10,12H,4-5,8,16H2,1-3H3,(H,17,18);1H. The van der Waals surface area contributed by atoms with Gasteiger partial charge in [0.15, 0.2) is 0 Å². The van der Waals surface area contributed by atoms with Gasteiger partial charge >= 0.3 is 0 Å². The summed E-state index contributed by atoms with van der Waals surface area (Å²) >= 11 is 0. The van der Waals surface area contributed by atoms with Crippen molar-refractivity contribution in [2.45, 2.75) is 25.8 Å². The van der Waals surface area contributed by atoms with Gasteiger partial charge in [-0.1, -0.05) is 0 Å². The monoisotopic (exact) mass is 314 g/mol. The van der Waals surface area contributed by atoms with Crippen LogP contribution in [-0.4, -0.2) is 32.7 Å². The van der Waals surface area contributed by atoms with Crippen LogP contribution in [0.5, 0.6) is 11.5 Å². The third kappa shape index (κ3) is 4.25. The number of benzene rings is 1. The molecule has 1 aliphatic carbocycles. The molecule has 0 aromatic heterocycles. The lowest BCUT2D eigenvalue weighted by atomic mass is 10.1. The fraction of sp³-hybridized carbons (Fsp3) is 0.533. The first-order valence-electron chi connectivity index (χ1n) is 6.83. The van der Waals surface area contributed by atoms with Crippen molar-refractivity contribution in [2.75, 3.05) is 20.8 Å². The van der Waals surface area contributed by atoms with Crippen LogP contribution in [0, 0.1) is 12.8 Å². The zero-order chi connectivity index (χ0) is 14.7. The first-order chi connectivity index (χ1) is 9.56. The van der Waals surface area contributed by atoms with Crippen LogP contribution in [0.1, 0.15) is 28.8 Å². The Labute approximate surface area is 131 Å². The Morgan fingerprint density at radius 1 is 1.33 bits per heavy atom. The highest BCUT2D eigenvalue weighted by Gasteiger charge is 2.28. The Morgan fingerprint density at radius 2 is 1.86 bits per heavy atom. The lowest BCUT2D eigenvalue weighted by Gasteiger charge is -2.14. The van der Waals surface area contributed by atoms with Crippen molar-refractivity contribution < 1.29 is 14.3 Å². The first kappa shape index (κ1) is 17.6. The predicted molar refractivity (Wildman–Crippen MR) is 84.6 cm³/mol. The second kappa shape index (κ2) is 7.52. The van der Waals surface area contributed by atoms with Crippen molar-refractivity contribution in [3.8, 4) is 11.5 Å². The van der Waals surface area contributed by atoms with E-state index in [1.807, 2.05) is 6.92 Å². The maximum atomic E-state index is 12.2. The number of hydrogen-bond acceptors (Lipinski definition) is 4. The average Bonchev–Trinajstić information content (AvgIpc) is 3.29. The van der Waals surface area contributed by atoms with Crippen molar-refractivity contribution in [1.29, 1.82) is 0 Å². The van der Waals surface area contributed by atoms with Crippen LogP contribution >= 0.6 is 12.4 Å². The van der Waals surface area contributed by atoms with Crippen LogP contribution in [0.3, 0.4) is 0 Å². The molecule has 1 aliphatic rings. The van der Waals surface area contributed by atoms with E-state index in [2.05, 4.69) is 5.32 Å². The second-order valence-electron chi connectivity index (χ2n) is 5.22. The van der Waals surface area contributed by atoms with Crippen LogP contribution in [0.2, 0.25) is 0 Å². The van der Waals surface area contributed by atoms with Crippen molar-refractivity contribution in [3.05, 3.63) is 23.3 Å². The quantitative estimate of drug-likeness (QED) is 0.841. The summed E-state index contributed by atoms with van der Waals surface area (Å²) in [5.74, 6) is 1.69. The summed E-state index contributed by atoms with van der Waals surface area (Å²) in [7, 11) is 3.15. The molecular formula is C15H23ClN2O3. The van der Waals surface area contributed by atoms with E-state index in [-0.39, 0.29) is 24.4 Å². The van der Waals surface area contributed by atoms with Gasteiger partial charge in [0.05, 0.1) is 14.2 Å². The van der Waals surface area contributed by atoms with E-state index < -0.39 is 0 Å². The van der Waals surface area contributed by atoms with Gasteiger partial charge in [-0.25, -0.2) is 0 Å². The number of nitrogens with one attached hydrogen (secondary N) is 1. The molecule has 2 rings (SSSR count). The highest BCUT2D eigenvalue weighted by Crippen LogP contribution is 2.31. The van der Waals surface area contributed by atoms with Gasteiger partial charge in [-0.15, -0.1) is 12.4 Å². The summed E-state index contributed by atoms with van der Waals surface area (Å²) in [6, 6.07) is 3.49. The molecule has 1 amide bonds. The number of carbonyl (C=O) groups excluding carboxylic acids is 1. The molecule has 1 atom stereocenters. The molecule has 0 saturated heterocycles. The minimum Gasteiger partial charge on any atom is -0.496 e. The van der Waals surface area contributed by atoms with Gasteiger partial charge in [0.2, 0.25) is 0 Å². The van der Waals surface area contributed by atoms with E-state index in [9.17, 15) is 4.79 Å². The predicted octanol–water partition coefficient (Wildman–Crippen LogP) is 1.90. The van der Waals surface area contributed by atoms with Gasteiger partial charge < -0.3 is 20.5 Å². The molecule has 0 aliphatic heterocycles. The van der Waals surface area contributed by atoms with E-state index in [1.165, 1.54) is 12.8 Å². The highest BCUT2D eigenvalue weighted by atomic mass is 35.5. The van der Waals surface area contributed by atoms with Crippen molar-refractivity contribution in [3.63, 3.8) is 0 Å². The van der Waals surface area contributed by atoms with Crippen molar-refractivity contribution >= 4 is 18.3 Å². The van der Waals surface area contributed by atoms with E-state index >= 15 is 0 Å². The molecule has 118 valence electrons. The van der Waals surface area contributed by atoms with Crippen LogP contribution < -0.4 is 20.5 Å². The SMILES string of the molecule is COc1cc(C(=O)NCC(N)C2CC2)cc(OC)c1C.Cl. The lowest BCUT2D eigenvalue weighted by Crippen LogP contribution is -2.38. The Morgan fingerprint density at radius 3 is 2.29 bits per heavy atom. The van der Waals surface area contributed by atoms with Gasteiger partial charge in [-0.2, -0.15) is 0 Å². The summed E-state index contributed by atoms with van der Waals surface area (Å²) < 4.78 is 10.5. The molecule has 1 unspecified atom stereocenters. The molecule has 6 heteroatoms. The summed E-state index contributed by atoms with van der Waals surface area (Å²) in [5.41, 5.74) is 7.37. The Hall–Kier alpha value is -1.46. The fourth-order valence-corrected chi connectivity index (χ4v) is 2.22. The molecule has 3 N–H and O–H groups in total. The minimum atomic E-state index is -0.155. The zero-order valence-electron chi connectivity index (χ0n) is 12.6. The minimum absolute atomic E-state index is 0. The van der Waals surface area contributed by atoms with E-state index in [0.717, 1.165) is 5.56 Å². The zero-order valence-corrected chi connectivity index (χ0v) is 13.5. The maximum absolute atomic E-state index is 12.2. The highest BCUT2D eigenvalue weighted by molar-refractivity contribution is 5.95. The molecule has 0 bridgehead atoms. The summed E-state index contributed by atoms with van der Waals surface area (Å²) in [4.78, 5) is 12.2. The Bertz CT molecular complexity index is 479.